The van der Waals surface area contributed by atoms with Crippen molar-refractivity contribution in [2.45, 2.75) is 102 Å². The summed E-state index contributed by atoms with van der Waals surface area (Å²) in [4.78, 5) is 5.25. The minimum Gasteiger partial charge on any atom is -0.383 e. The fourth-order valence-corrected chi connectivity index (χ4v) is 6.03. The van der Waals surface area contributed by atoms with E-state index >= 15 is 0 Å². The largest absolute Gasteiger partial charge is 0.383 e. The van der Waals surface area contributed by atoms with Gasteiger partial charge in [0, 0.05) is 75.3 Å². The first kappa shape index (κ1) is 27.4. The van der Waals surface area contributed by atoms with Crippen molar-refractivity contribution in [3.63, 3.8) is 0 Å². The molecular formula is C25H52N4OS. The number of methoxy groups -OCH3 is 1. The molecule has 2 heterocycles. The highest BCUT2D eigenvalue weighted by Gasteiger charge is 2.52. The van der Waals surface area contributed by atoms with Gasteiger partial charge in [0.1, 0.15) is 0 Å². The average molecular weight is 457 g/mol. The number of hydrogen-bond acceptors (Lipinski definition) is 6. The maximum absolute atomic E-state index is 5.07. The minimum absolute atomic E-state index is 0.520. The first-order chi connectivity index (χ1) is 15.0. The molecule has 5 nitrogen and oxygen atoms in total. The molecule has 5 fully saturated rings. The summed E-state index contributed by atoms with van der Waals surface area (Å²) in [5.74, 6) is 0. The van der Waals surface area contributed by atoms with Crippen molar-refractivity contribution >= 4 is 11.9 Å². The summed E-state index contributed by atoms with van der Waals surface area (Å²) >= 11 is 2.15. The molecule has 6 heteroatoms. The maximum Gasteiger partial charge on any atom is 0.0589 e. The Kier molecular flexibility index (Phi) is 11.6. The van der Waals surface area contributed by atoms with Gasteiger partial charge in [0.15, 0.2) is 0 Å². The van der Waals surface area contributed by atoms with Crippen molar-refractivity contribution in [1.29, 1.82) is 0 Å². The summed E-state index contributed by atoms with van der Waals surface area (Å²) in [6.07, 6.45) is 8.54. The molecule has 184 valence electrons. The third kappa shape index (κ3) is 8.46. The van der Waals surface area contributed by atoms with Crippen LogP contribution in [0.1, 0.15) is 80.1 Å². The molecule has 0 unspecified atom stereocenters. The van der Waals surface area contributed by atoms with E-state index in [0.29, 0.717) is 11.1 Å². The topological polar surface area (TPSA) is 31.0 Å². The van der Waals surface area contributed by atoms with Crippen LogP contribution in [0, 0.1) is 0 Å². The van der Waals surface area contributed by atoms with Gasteiger partial charge in [-0.2, -0.15) is 0 Å². The number of rotatable bonds is 6. The van der Waals surface area contributed by atoms with Crippen LogP contribution < -0.4 is 5.32 Å². The lowest BCUT2D eigenvalue weighted by Gasteiger charge is -2.43. The van der Waals surface area contributed by atoms with Crippen LogP contribution in [-0.4, -0.2) is 96.0 Å². The van der Waals surface area contributed by atoms with Gasteiger partial charge < -0.3 is 10.1 Å². The van der Waals surface area contributed by atoms with Crippen LogP contribution in [0.25, 0.3) is 0 Å². The summed E-state index contributed by atoms with van der Waals surface area (Å²) < 4.78 is 7.73. The van der Waals surface area contributed by atoms with Gasteiger partial charge in [-0.25, -0.2) is 4.31 Å². The van der Waals surface area contributed by atoms with Crippen LogP contribution >= 0.6 is 11.9 Å². The Bertz CT molecular complexity index is 492. The van der Waals surface area contributed by atoms with Gasteiger partial charge in [0.05, 0.1) is 6.61 Å². The lowest BCUT2D eigenvalue weighted by atomic mass is 10.1. The fourth-order valence-electron chi connectivity index (χ4n) is 4.76. The predicted octanol–water partition coefficient (Wildman–Crippen LogP) is 4.48. The van der Waals surface area contributed by atoms with Crippen molar-refractivity contribution in [3.05, 3.63) is 0 Å². The number of hydrogen-bond donors (Lipinski definition) is 1. The molecule has 3 saturated carbocycles. The molecule has 0 aromatic carbocycles. The van der Waals surface area contributed by atoms with Gasteiger partial charge in [-0.15, -0.1) is 0 Å². The molecule has 0 aromatic heterocycles. The van der Waals surface area contributed by atoms with Gasteiger partial charge in [0.25, 0.3) is 0 Å². The smallest absolute Gasteiger partial charge is 0.0589 e. The van der Waals surface area contributed by atoms with E-state index in [1.165, 1.54) is 71.2 Å². The Morgan fingerprint density at radius 3 is 2.16 bits per heavy atom. The fraction of sp³-hybridized carbons (Fsp3) is 1.00. The molecule has 2 aliphatic heterocycles. The summed E-state index contributed by atoms with van der Waals surface area (Å²) in [6.45, 7) is 22.1. The highest BCUT2D eigenvalue weighted by Crippen LogP contribution is 2.48. The zero-order valence-electron chi connectivity index (χ0n) is 21.7. The van der Waals surface area contributed by atoms with E-state index < -0.39 is 0 Å². The third-order valence-electron chi connectivity index (χ3n) is 6.86. The molecule has 31 heavy (non-hydrogen) atoms. The molecule has 0 atom stereocenters. The predicted molar refractivity (Wildman–Crippen MR) is 137 cm³/mol. The second-order valence-electron chi connectivity index (χ2n) is 9.66. The molecule has 0 aromatic rings. The molecule has 0 radical (unpaired) electrons. The zero-order chi connectivity index (χ0) is 22.9. The van der Waals surface area contributed by atoms with Gasteiger partial charge >= 0.3 is 0 Å². The monoisotopic (exact) mass is 456 g/mol. The number of nitrogens with zero attached hydrogens (tertiary/aromatic N) is 3. The molecule has 3 aliphatic carbocycles. The van der Waals surface area contributed by atoms with Gasteiger partial charge in [-0.1, -0.05) is 39.6 Å². The lowest BCUT2D eigenvalue weighted by Crippen LogP contribution is -2.55. The third-order valence-corrected chi connectivity index (χ3v) is 8.24. The highest BCUT2D eigenvalue weighted by atomic mass is 32.2. The van der Waals surface area contributed by atoms with E-state index in [2.05, 4.69) is 45.2 Å². The lowest BCUT2D eigenvalue weighted by molar-refractivity contribution is 0.0752. The van der Waals surface area contributed by atoms with Crippen LogP contribution in [0.2, 0.25) is 0 Å². The molecule has 1 N–H and O–H groups in total. The second-order valence-corrected chi connectivity index (χ2v) is 11.0. The summed E-state index contributed by atoms with van der Waals surface area (Å²) in [6, 6.07) is 0.737. The maximum atomic E-state index is 5.07. The van der Waals surface area contributed by atoms with Crippen molar-refractivity contribution < 1.29 is 4.74 Å². The normalized spacial score (nSPS) is 26.3. The first-order valence-corrected chi connectivity index (χ1v) is 14.0. The van der Waals surface area contributed by atoms with Crippen LogP contribution in [0.15, 0.2) is 0 Å². The Morgan fingerprint density at radius 1 is 0.968 bits per heavy atom. The van der Waals surface area contributed by atoms with Gasteiger partial charge in [0.2, 0.25) is 0 Å². The minimum atomic E-state index is 0.520. The van der Waals surface area contributed by atoms with Crippen LogP contribution in [0.3, 0.4) is 0 Å². The Labute approximate surface area is 198 Å². The second kappa shape index (κ2) is 13.1. The van der Waals surface area contributed by atoms with E-state index in [9.17, 15) is 0 Å². The zero-order valence-corrected chi connectivity index (χ0v) is 22.5. The Hall–Kier alpha value is 0.150. The average Bonchev–Trinajstić information content (AvgIpc) is 3.69. The molecule has 0 bridgehead atoms. The molecule has 5 rings (SSSR count). The summed E-state index contributed by atoms with van der Waals surface area (Å²) in [7, 11) is 1.77. The molecule has 0 amide bonds. The Balaban J connectivity index is 0.000000194. The Morgan fingerprint density at radius 2 is 1.65 bits per heavy atom. The summed E-state index contributed by atoms with van der Waals surface area (Å²) in [5, 5.41) is 4.57. The van der Waals surface area contributed by atoms with Crippen molar-refractivity contribution in [1.82, 2.24) is 19.4 Å². The SMILES string of the molecule is CC.CC.CC(C)N1CCN(SC2CC2)CC12CC2.COCCN1CCNC2(CC2)C1. The standard InChI is InChI=1S/C12H22N2S.C9H18N2O.2C2H6/c1-10(2)14-8-7-13(15-11-3-4-11)9-12(14)5-6-12;1-12-7-6-11-5-4-10-9(8-11)2-3-9;2*1-2/h10-11H,3-9H2,1-2H3;10H,2-8H2,1H3;2*1-2H3. The van der Waals surface area contributed by atoms with E-state index in [-0.39, 0.29) is 0 Å². The number of nitrogens with one attached hydrogen (secondary N) is 1. The molecular weight excluding hydrogens is 404 g/mol. The van der Waals surface area contributed by atoms with Crippen LogP contribution in [-0.2, 0) is 4.74 Å². The van der Waals surface area contributed by atoms with E-state index in [1.807, 2.05) is 27.7 Å². The number of ether oxygens (including phenoxy) is 1. The molecule has 2 spiro atoms. The van der Waals surface area contributed by atoms with Gasteiger partial charge in [-0.3, -0.25) is 9.80 Å². The van der Waals surface area contributed by atoms with E-state index in [4.69, 9.17) is 4.74 Å². The highest BCUT2D eigenvalue weighted by molar-refractivity contribution is 7.97. The quantitative estimate of drug-likeness (QED) is 0.593. The van der Waals surface area contributed by atoms with E-state index in [1.54, 1.807) is 7.11 Å². The molecule has 2 saturated heterocycles. The van der Waals surface area contributed by atoms with Crippen molar-refractivity contribution in [2.75, 3.05) is 59.5 Å². The van der Waals surface area contributed by atoms with E-state index in [0.717, 1.165) is 31.0 Å². The number of piperazine rings is 2. The van der Waals surface area contributed by atoms with Gasteiger partial charge in [-0.05, 0) is 52.4 Å². The molecule has 5 aliphatic rings. The van der Waals surface area contributed by atoms with Crippen molar-refractivity contribution in [3.8, 4) is 0 Å². The van der Waals surface area contributed by atoms with Crippen LogP contribution in [0.5, 0.6) is 0 Å². The summed E-state index contributed by atoms with van der Waals surface area (Å²) in [5.41, 5.74) is 1.11. The first-order valence-electron chi connectivity index (χ1n) is 13.2. The van der Waals surface area contributed by atoms with Crippen molar-refractivity contribution in [2.24, 2.45) is 0 Å². The van der Waals surface area contributed by atoms with Crippen LogP contribution in [0.4, 0.5) is 0 Å².